The Kier molecular flexibility index (Phi) is 5.78. The highest BCUT2D eigenvalue weighted by Gasteiger charge is 2.38. The Hall–Kier alpha value is -2.75. The smallest absolute Gasteiger partial charge is 0.270 e. The third-order valence-electron chi connectivity index (χ3n) is 5.25. The van der Waals surface area contributed by atoms with Gasteiger partial charge in [-0.1, -0.05) is 5.21 Å². The summed E-state index contributed by atoms with van der Waals surface area (Å²) in [6, 6.07) is -0.462. The molecule has 152 valence electrons. The van der Waals surface area contributed by atoms with Crippen molar-refractivity contribution in [1.29, 1.82) is 0 Å². The molecule has 0 unspecified atom stereocenters. The van der Waals surface area contributed by atoms with Gasteiger partial charge in [0, 0.05) is 31.3 Å². The van der Waals surface area contributed by atoms with Crippen LogP contribution in [0.2, 0.25) is 0 Å². The van der Waals surface area contributed by atoms with Gasteiger partial charge in [-0.05, 0) is 33.6 Å². The van der Waals surface area contributed by atoms with E-state index >= 15 is 0 Å². The molecule has 2 aromatic heterocycles. The first-order valence-electron chi connectivity index (χ1n) is 9.39. The van der Waals surface area contributed by atoms with E-state index in [-0.39, 0.29) is 17.7 Å². The van der Waals surface area contributed by atoms with Crippen molar-refractivity contribution in [1.82, 2.24) is 35.4 Å². The average molecular weight is 389 g/mol. The number of carbonyl (C=O) groups excluding carboxylic acids is 2. The van der Waals surface area contributed by atoms with Crippen LogP contribution >= 0.6 is 0 Å². The Morgan fingerprint density at radius 2 is 2.04 bits per heavy atom. The van der Waals surface area contributed by atoms with Gasteiger partial charge in [-0.2, -0.15) is 5.10 Å². The van der Waals surface area contributed by atoms with Crippen LogP contribution in [-0.4, -0.2) is 60.4 Å². The van der Waals surface area contributed by atoms with Crippen molar-refractivity contribution in [2.24, 2.45) is 13.0 Å². The highest BCUT2D eigenvalue weighted by Crippen LogP contribution is 2.27. The molecule has 28 heavy (non-hydrogen) atoms. The molecule has 1 aliphatic carbocycles. The SMILES string of the molecule is Cc1cn(CCNC(=O)[C@H]2C[C@H](NC(=O)c3c(C)c(C)nn3C)[C@@H](O)C2)nn1. The molecular formula is C18H27N7O3. The number of aliphatic hydroxyl groups excluding tert-OH is 1. The first kappa shape index (κ1) is 20.0. The van der Waals surface area contributed by atoms with E-state index in [0.29, 0.717) is 31.6 Å². The topological polar surface area (TPSA) is 127 Å². The van der Waals surface area contributed by atoms with Gasteiger partial charge in [0.15, 0.2) is 0 Å². The van der Waals surface area contributed by atoms with E-state index in [1.165, 1.54) is 4.68 Å². The second-order valence-electron chi connectivity index (χ2n) is 7.41. The van der Waals surface area contributed by atoms with Gasteiger partial charge in [-0.15, -0.1) is 5.10 Å². The molecule has 1 saturated carbocycles. The van der Waals surface area contributed by atoms with E-state index in [0.717, 1.165) is 17.0 Å². The minimum Gasteiger partial charge on any atom is -0.391 e. The van der Waals surface area contributed by atoms with Crippen molar-refractivity contribution in [2.45, 2.75) is 52.3 Å². The molecule has 3 N–H and O–H groups in total. The number of nitrogens with one attached hydrogen (secondary N) is 2. The molecule has 0 spiro atoms. The summed E-state index contributed by atoms with van der Waals surface area (Å²) < 4.78 is 3.21. The molecule has 1 fully saturated rings. The fraction of sp³-hybridized carbons (Fsp3) is 0.611. The molecular weight excluding hydrogens is 362 g/mol. The van der Waals surface area contributed by atoms with Gasteiger partial charge in [0.2, 0.25) is 5.91 Å². The standard InChI is InChI=1S/C18H27N7O3/c1-10-9-25(23-21-10)6-5-19-17(27)13-7-14(15(26)8-13)20-18(28)16-11(2)12(3)22-24(16)4/h9,13-15,26H,5-8H2,1-4H3,(H,19,27)(H,20,28)/t13-,14-,15-/m0/s1. The van der Waals surface area contributed by atoms with E-state index < -0.39 is 12.1 Å². The largest absolute Gasteiger partial charge is 0.391 e. The molecule has 1 aliphatic rings. The number of aryl methyl sites for hydroxylation is 3. The second-order valence-corrected chi connectivity index (χ2v) is 7.41. The van der Waals surface area contributed by atoms with E-state index in [1.807, 2.05) is 20.8 Å². The minimum absolute atomic E-state index is 0.125. The summed E-state index contributed by atoms with van der Waals surface area (Å²) in [5, 5.41) is 28.1. The lowest BCUT2D eigenvalue weighted by atomic mass is 10.1. The lowest BCUT2D eigenvalue weighted by molar-refractivity contribution is -0.125. The number of rotatable bonds is 6. The van der Waals surface area contributed by atoms with Crippen molar-refractivity contribution in [3.8, 4) is 0 Å². The van der Waals surface area contributed by atoms with E-state index in [1.54, 1.807) is 17.9 Å². The molecule has 2 heterocycles. The van der Waals surface area contributed by atoms with Crippen LogP contribution in [0.25, 0.3) is 0 Å². The minimum atomic E-state index is -0.757. The molecule has 0 bridgehead atoms. The summed E-state index contributed by atoms with van der Waals surface area (Å²) in [4.78, 5) is 25.0. The third-order valence-corrected chi connectivity index (χ3v) is 5.25. The quantitative estimate of drug-likeness (QED) is 0.618. The Morgan fingerprint density at radius 3 is 2.64 bits per heavy atom. The van der Waals surface area contributed by atoms with Gasteiger partial charge in [0.05, 0.1) is 30.1 Å². The molecule has 0 aromatic carbocycles. The van der Waals surface area contributed by atoms with E-state index in [2.05, 4.69) is 26.0 Å². The zero-order chi connectivity index (χ0) is 20.4. The van der Waals surface area contributed by atoms with Crippen LogP contribution in [0.1, 0.15) is 40.3 Å². The first-order valence-corrected chi connectivity index (χ1v) is 9.39. The number of hydrogen-bond acceptors (Lipinski definition) is 6. The Labute approximate surface area is 163 Å². The predicted octanol–water partition coefficient (Wildman–Crippen LogP) is -0.377. The Morgan fingerprint density at radius 1 is 1.29 bits per heavy atom. The van der Waals surface area contributed by atoms with Crippen LogP contribution in [0.5, 0.6) is 0 Å². The molecule has 0 saturated heterocycles. The monoisotopic (exact) mass is 389 g/mol. The molecule has 10 nitrogen and oxygen atoms in total. The number of nitrogens with zero attached hydrogens (tertiary/aromatic N) is 5. The highest BCUT2D eigenvalue weighted by atomic mass is 16.3. The molecule has 0 radical (unpaired) electrons. The Balaban J connectivity index is 1.52. The normalized spacial score (nSPS) is 21.7. The summed E-state index contributed by atoms with van der Waals surface area (Å²) in [5.74, 6) is -0.750. The average Bonchev–Trinajstić information content (AvgIpc) is 3.27. The fourth-order valence-electron chi connectivity index (χ4n) is 3.65. The summed E-state index contributed by atoms with van der Waals surface area (Å²) in [6.07, 6.45) is 1.77. The van der Waals surface area contributed by atoms with Crippen molar-refractivity contribution in [3.05, 3.63) is 28.8 Å². The summed E-state index contributed by atoms with van der Waals surface area (Å²) in [7, 11) is 1.72. The molecule has 2 aromatic rings. The third kappa shape index (κ3) is 4.22. The number of amides is 2. The van der Waals surface area contributed by atoms with Crippen LogP contribution in [0.3, 0.4) is 0 Å². The number of carbonyl (C=O) groups is 2. The summed E-state index contributed by atoms with van der Waals surface area (Å²) >= 11 is 0. The van der Waals surface area contributed by atoms with E-state index in [9.17, 15) is 14.7 Å². The van der Waals surface area contributed by atoms with Crippen molar-refractivity contribution in [3.63, 3.8) is 0 Å². The van der Waals surface area contributed by atoms with Gasteiger partial charge < -0.3 is 15.7 Å². The lowest BCUT2D eigenvalue weighted by Crippen LogP contribution is -2.41. The molecule has 3 atom stereocenters. The summed E-state index contributed by atoms with van der Waals surface area (Å²) in [5.41, 5.74) is 2.90. The van der Waals surface area contributed by atoms with Crippen LogP contribution in [0.4, 0.5) is 0 Å². The maximum Gasteiger partial charge on any atom is 0.270 e. The molecule has 3 rings (SSSR count). The second kappa shape index (κ2) is 8.09. The maximum absolute atomic E-state index is 12.6. The maximum atomic E-state index is 12.6. The van der Waals surface area contributed by atoms with E-state index in [4.69, 9.17) is 0 Å². The molecule has 10 heteroatoms. The fourth-order valence-corrected chi connectivity index (χ4v) is 3.65. The van der Waals surface area contributed by atoms with Gasteiger partial charge in [-0.25, -0.2) is 0 Å². The zero-order valence-corrected chi connectivity index (χ0v) is 16.6. The summed E-state index contributed by atoms with van der Waals surface area (Å²) in [6.45, 7) is 6.50. The first-order chi connectivity index (χ1) is 13.3. The van der Waals surface area contributed by atoms with Gasteiger partial charge >= 0.3 is 0 Å². The van der Waals surface area contributed by atoms with Crippen molar-refractivity contribution < 1.29 is 14.7 Å². The van der Waals surface area contributed by atoms with Crippen molar-refractivity contribution in [2.75, 3.05) is 6.54 Å². The number of hydrogen-bond donors (Lipinski definition) is 3. The van der Waals surface area contributed by atoms with Crippen molar-refractivity contribution >= 4 is 11.8 Å². The lowest BCUT2D eigenvalue weighted by Gasteiger charge is -2.16. The Bertz CT molecular complexity index is 873. The van der Waals surface area contributed by atoms with Gasteiger partial charge in [-0.3, -0.25) is 19.0 Å². The molecule has 0 aliphatic heterocycles. The van der Waals surface area contributed by atoms with Crippen LogP contribution in [0, 0.1) is 26.7 Å². The number of aliphatic hydroxyl groups is 1. The van der Waals surface area contributed by atoms with Gasteiger partial charge in [0.1, 0.15) is 5.69 Å². The van der Waals surface area contributed by atoms with Crippen LogP contribution in [-0.2, 0) is 18.4 Å². The van der Waals surface area contributed by atoms with Crippen LogP contribution in [0.15, 0.2) is 6.20 Å². The highest BCUT2D eigenvalue weighted by molar-refractivity contribution is 5.94. The predicted molar refractivity (Wildman–Crippen MR) is 100 cm³/mol. The molecule has 2 amide bonds. The van der Waals surface area contributed by atoms with Crippen LogP contribution < -0.4 is 10.6 Å². The zero-order valence-electron chi connectivity index (χ0n) is 16.6. The number of aromatic nitrogens is 5. The van der Waals surface area contributed by atoms with Gasteiger partial charge in [0.25, 0.3) is 5.91 Å².